The van der Waals surface area contributed by atoms with Crippen molar-refractivity contribution in [2.75, 3.05) is 13.1 Å². The zero-order chi connectivity index (χ0) is 13.7. The zero-order valence-electron chi connectivity index (χ0n) is 11.6. The number of benzene rings is 1. The monoisotopic (exact) mass is 261 g/mol. The van der Waals surface area contributed by atoms with Crippen molar-refractivity contribution in [2.45, 2.75) is 45.1 Å². The number of aliphatic carboxylic acids is 1. The number of nitrogens with zero attached hydrogens (tertiary/aromatic N) is 1. The molecule has 1 aromatic carbocycles. The van der Waals surface area contributed by atoms with Crippen LogP contribution in [0.25, 0.3) is 0 Å². The van der Waals surface area contributed by atoms with E-state index < -0.39 is 5.97 Å². The largest absolute Gasteiger partial charge is 0.480 e. The van der Waals surface area contributed by atoms with E-state index in [1.165, 1.54) is 11.1 Å². The SMILES string of the molecule is CCc1ccc(CCC2CCCN2CC(=O)O)cc1. The number of hydrogen-bond acceptors (Lipinski definition) is 2. The summed E-state index contributed by atoms with van der Waals surface area (Å²) in [6, 6.07) is 9.24. The number of rotatable bonds is 6. The molecule has 1 saturated heterocycles. The molecular formula is C16H23NO2. The molecule has 1 fully saturated rings. The van der Waals surface area contributed by atoms with E-state index in [-0.39, 0.29) is 6.54 Å². The van der Waals surface area contributed by atoms with Crippen LogP contribution in [0.15, 0.2) is 24.3 Å². The molecule has 0 saturated carbocycles. The number of carbonyl (C=O) groups is 1. The molecule has 0 aromatic heterocycles. The van der Waals surface area contributed by atoms with Crippen LogP contribution >= 0.6 is 0 Å². The summed E-state index contributed by atoms with van der Waals surface area (Å²) in [5, 5.41) is 8.89. The van der Waals surface area contributed by atoms with Gasteiger partial charge in [0.05, 0.1) is 6.54 Å². The molecule has 104 valence electrons. The van der Waals surface area contributed by atoms with Crippen molar-refractivity contribution in [3.05, 3.63) is 35.4 Å². The summed E-state index contributed by atoms with van der Waals surface area (Å²) < 4.78 is 0. The van der Waals surface area contributed by atoms with Gasteiger partial charge in [-0.25, -0.2) is 0 Å². The Labute approximate surface area is 115 Å². The van der Waals surface area contributed by atoms with Gasteiger partial charge in [-0.15, -0.1) is 0 Å². The van der Waals surface area contributed by atoms with E-state index in [9.17, 15) is 4.79 Å². The van der Waals surface area contributed by atoms with Gasteiger partial charge in [0, 0.05) is 6.04 Å². The molecule has 19 heavy (non-hydrogen) atoms. The van der Waals surface area contributed by atoms with E-state index in [1.54, 1.807) is 0 Å². The van der Waals surface area contributed by atoms with E-state index in [4.69, 9.17) is 5.11 Å². The second-order valence-electron chi connectivity index (χ2n) is 5.37. The van der Waals surface area contributed by atoms with Gasteiger partial charge in [-0.05, 0) is 49.8 Å². The Hall–Kier alpha value is -1.35. The lowest BCUT2D eigenvalue weighted by Crippen LogP contribution is -2.34. The van der Waals surface area contributed by atoms with Gasteiger partial charge in [-0.1, -0.05) is 31.2 Å². The summed E-state index contributed by atoms with van der Waals surface area (Å²) >= 11 is 0. The molecule has 2 rings (SSSR count). The van der Waals surface area contributed by atoms with E-state index >= 15 is 0 Å². The summed E-state index contributed by atoms with van der Waals surface area (Å²) in [4.78, 5) is 12.9. The first-order valence-electron chi connectivity index (χ1n) is 7.22. The van der Waals surface area contributed by atoms with Crippen LogP contribution in [-0.4, -0.2) is 35.1 Å². The van der Waals surface area contributed by atoms with Gasteiger partial charge in [0.2, 0.25) is 0 Å². The third-order valence-corrected chi connectivity index (χ3v) is 4.03. The van der Waals surface area contributed by atoms with Crippen LogP contribution in [0.1, 0.15) is 37.3 Å². The van der Waals surface area contributed by atoms with Gasteiger partial charge in [0.15, 0.2) is 0 Å². The predicted octanol–water partition coefficient (Wildman–Crippen LogP) is 2.73. The molecule has 1 N–H and O–H groups in total. The van der Waals surface area contributed by atoms with E-state index in [0.717, 1.165) is 38.6 Å². The fraction of sp³-hybridized carbons (Fsp3) is 0.562. The minimum absolute atomic E-state index is 0.194. The van der Waals surface area contributed by atoms with Gasteiger partial charge < -0.3 is 5.11 Å². The van der Waals surface area contributed by atoms with Crippen molar-refractivity contribution >= 4 is 5.97 Å². The first-order valence-corrected chi connectivity index (χ1v) is 7.22. The van der Waals surface area contributed by atoms with Crippen molar-refractivity contribution in [3.8, 4) is 0 Å². The minimum Gasteiger partial charge on any atom is -0.480 e. The van der Waals surface area contributed by atoms with Gasteiger partial charge in [-0.3, -0.25) is 9.69 Å². The van der Waals surface area contributed by atoms with Crippen LogP contribution in [0.4, 0.5) is 0 Å². The Morgan fingerprint density at radius 1 is 1.32 bits per heavy atom. The number of likely N-dealkylation sites (tertiary alicyclic amines) is 1. The standard InChI is InChI=1S/C16H23NO2/c1-2-13-5-7-14(8-6-13)9-10-15-4-3-11-17(15)12-16(18)19/h5-8,15H,2-4,9-12H2,1H3,(H,18,19). The van der Waals surface area contributed by atoms with E-state index in [0.29, 0.717) is 6.04 Å². The van der Waals surface area contributed by atoms with Crippen LogP contribution in [-0.2, 0) is 17.6 Å². The molecule has 0 aliphatic carbocycles. The summed E-state index contributed by atoms with van der Waals surface area (Å²) in [7, 11) is 0. The van der Waals surface area contributed by atoms with Crippen molar-refractivity contribution in [2.24, 2.45) is 0 Å². The molecule has 3 heteroatoms. The Kier molecular flexibility index (Phi) is 4.97. The van der Waals surface area contributed by atoms with Crippen molar-refractivity contribution in [1.82, 2.24) is 4.90 Å². The molecule has 0 amide bonds. The summed E-state index contributed by atoms with van der Waals surface area (Å²) in [5.41, 5.74) is 2.73. The minimum atomic E-state index is -0.709. The lowest BCUT2D eigenvalue weighted by atomic mass is 10.0. The number of hydrogen-bond donors (Lipinski definition) is 1. The van der Waals surface area contributed by atoms with Crippen LogP contribution in [0, 0.1) is 0 Å². The predicted molar refractivity (Wildman–Crippen MR) is 76.4 cm³/mol. The van der Waals surface area contributed by atoms with Crippen LogP contribution < -0.4 is 0 Å². The molecule has 0 spiro atoms. The molecular weight excluding hydrogens is 238 g/mol. The molecule has 1 atom stereocenters. The third-order valence-electron chi connectivity index (χ3n) is 4.03. The number of carboxylic acids is 1. The van der Waals surface area contributed by atoms with Gasteiger partial charge in [-0.2, -0.15) is 0 Å². The van der Waals surface area contributed by atoms with Crippen LogP contribution in [0.5, 0.6) is 0 Å². The molecule has 1 unspecified atom stereocenters. The highest BCUT2D eigenvalue weighted by atomic mass is 16.4. The van der Waals surface area contributed by atoms with Crippen LogP contribution in [0.3, 0.4) is 0 Å². The lowest BCUT2D eigenvalue weighted by molar-refractivity contribution is -0.138. The molecule has 1 aliphatic rings. The lowest BCUT2D eigenvalue weighted by Gasteiger charge is -2.22. The van der Waals surface area contributed by atoms with Gasteiger partial charge in [0.25, 0.3) is 0 Å². The first-order chi connectivity index (χ1) is 9.19. The highest BCUT2D eigenvalue weighted by molar-refractivity contribution is 5.69. The summed E-state index contributed by atoms with van der Waals surface area (Å²) in [6.45, 7) is 3.29. The molecule has 3 nitrogen and oxygen atoms in total. The molecule has 0 radical (unpaired) electrons. The maximum atomic E-state index is 10.8. The van der Waals surface area contributed by atoms with E-state index in [1.807, 2.05) is 0 Å². The zero-order valence-corrected chi connectivity index (χ0v) is 11.6. The van der Waals surface area contributed by atoms with Crippen molar-refractivity contribution in [1.29, 1.82) is 0 Å². The first kappa shape index (κ1) is 14.1. The topological polar surface area (TPSA) is 40.5 Å². The van der Waals surface area contributed by atoms with Gasteiger partial charge >= 0.3 is 5.97 Å². The second kappa shape index (κ2) is 6.71. The van der Waals surface area contributed by atoms with Crippen molar-refractivity contribution in [3.63, 3.8) is 0 Å². The molecule has 1 aromatic rings. The fourth-order valence-corrected chi connectivity index (χ4v) is 2.88. The molecule has 0 bridgehead atoms. The summed E-state index contributed by atoms with van der Waals surface area (Å²) in [6.07, 6.45) is 5.46. The third kappa shape index (κ3) is 4.06. The Morgan fingerprint density at radius 2 is 2.00 bits per heavy atom. The number of carboxylic acid groups (broad SMARTS) is 1. The number of aryl methyl sites for hydroxylation is 2. The second-order valence-corrected chi connectivity index (χ2v) is 5.37. The summed E-state index contributed by atoms with van der Waals surface area (Å²) in [5.74, 6) is -0.709. The Bertz CT molecular complexity index is 413. The quantitative estimate of drug-likeness (QED) is 0.856. The molecule has 1 aliphatic heterocycles. The average Bonchev–Trinajstić information content (AvgIpc) is 2.83. The van der Waals surface area contributed by atoms with Crippen LogP contribution in [0.2, 0.25) is 0 Å². The highest BCUT2D eigenvalue weighted by Crippen LogP contribution is 2.21. The Morgan fingerprint density at radius 3 is 2.63 bits per heavy atom. The maximum Gasteiger partial charge on any atom is 0.317 e. The maximum absolute atomic E-state index is 10.8. The average molecular weight is 261 g/mol. The van der Waals surface area contributed by atoms with Gasteiger partial charge in [0.1, 0.15) is 0 Å². The normalized spacial score (nSPS) is 19.7. The van der Waals surface area contributed by atoms with Crippen molar-refractivity contribution < 1.29 is 9.90 Å². The Balaban J connectivity index is 1.85. The highest BCUT2D eigenvalue weighted by Gasteiger charge is 2.25. The van der Waals surface area contributed by atoms with E-state index in [2.05, 4.69) is 36.1 Å². The fourth-order valence-electron chi connectivity index (χ4n) is 2.88. The smallest absolute Gasteiger partial charge is 0.317 e. The molecule has 1 heterocycles.